The number of aryl methyl sites for hydroxylation is 1. The smallest absolute Gasteiger partial charge is 0.292 e. The van der Waals surface area contributed by atoms with Crippen LogP contribution >= 0.6 is 0 Å². The van der Waals surface area contributed by atoms with Gasteiger partial charge >= 0.3 is 0 Å². The average Bonchev–Trinajstić information content (AvgIpc) is 2.81. The third-order valence-corrected chi connectivity index (χ3v) is 6.73. The lowest BCUT2D eigenvalue weighted by Gasteiger charge is -2.36. The minimum atomic E-state index is -0.213. The molecular weight excluding hydrogens is 402 g/mol. The molecule has 0 radical (unpaired) electrons. The fourth-order valence-corrected chi connectivity index (χ4v) is 4.70. The number of hydrogen-bond acceptors (Lipinski definition) is 6. The SMILES string of the molecule is CN1CCN(CCCc2ccc(N3CCN(Cc4ccccc4)CC3)c([N+](=O)[O-])c2)CC1. The zero-order chi connectivity index (χ0) is 22.3. The summed E-state index contributed by atoms with van der Waals surface area (Å²) in [5.41, 5.74) is 3.39. The Morgan fingerprint density at radius 3 is 2.22 bits per heavy atom. The standard InChI is InChI=1S/C25H35N5O2/c1-26-12-14-27(15-13-26)11-5-8-22-9-10-24(25(20-22)30(31)32)29-18-16-28(17-19-29)21-23-6-3-2-4-7-23/h2-4,6-7,9-10,20H,5,8,11-19,21H2,1H3. The van der Waals surface area contributed by atoms with E-state index in [1.54, 1.807) is 6.07 Å². The number of benzene rings is 2. The van der Waals surface area contributed by atoms with Gasteiger partial charge in [0.2, 0.25) is 0 Å². The van der Waals surface area contributed by atoms with Crippen LogP contribution in [0.2, 0.25) is 0 Å². The molecule has 0 bridgehead atoms. The van der Waals surface area contributed by atoms with E-state index in [1.165, 1.54) is 5.56 Å². The first kappa shape index (κ1) is 22.7. The summed E-state index contributed by atoms with van der Waals surface area (Å²) in [6, 6.07) is 16.3. The van der Waals surface area contributed by atoms with Gasteiger partial charge in [-0.25, -0.2) is 0 Å². The van der Waals surface area contributed by atoms with E-state index in [2.05, 4.69) is 57.0 Å². The Labute approximate surface area is 191 Å². The van der Waals surface area contributed by atoms with Gasteiger partial charge in [-0.3, -0.25) is 15.0 Å². The lowest BCUT2D eigenvalue weighted by molar-refractivity contribution is -0.384. The third kappa shape index (κ3) is 6.06. The van der Waals surface area contributed by atoms with E-state index in [1.807, 2.05) is 12.1 Å². The van der Waals surface area contributed by atoms with Crippen molar-refractivity contribution >= 4 is 11.4 Å². The van der Waals surface area contributed by atoms with Crippen molar-refractivity contribution in [3.8, 4) is 0 Å². The molecule has 2 fully saturated rings. The van der Waals surface area contributed by atoms with E-state index in [4.69, 9.17) is 0 Å². The molecule has 2 aliphatic heterocycles. The van der Waals surface area contributed by atoms with E-state index >= 15 is 0 Å². The normalized spacial score (nSPS) is 18.7. The molecule has 32 heavy (non-hydrogen) atoms. The van der Waals surface area contributed by atoms with Crippen molar-refractivity contribution in [3.05, 3.63) is 69.8 Å². The summed E-state index contributed by atoms with van der Waals surface area (Å²) in [7, 11) is 2.17. The van der Waals surface area contributed by atoms with Gasteiger partial charge in [0.25, 0.3) is 5.69 Å². The van der Waals surface area contributed by atoms with Gasteiger partial charge in [-0.15, -0.1) is 0 Å². The topological polar surface area (TPSA) is 56.1 Å². The number of rotatable bonds is 8. The summed E-state index contributed by atoms with van der Waals surface area (Å²) in [4.78, 5) is 21.1. The maximum Gasteiger partial charge on any atom is 0.292 e. The Balaban J connectivity index is 1.31. The first-order valence-electron chi connectivity index (χ1n) is 11.8. The molecule has 4 rings (SSSR count). The number of piperazine rings is 2. The largest absolute Gasteiger partial charge is 0.363 e. The Morgan fingerprint density at radius 2 is 1.53 bits per heavy atom. The number of anilines is 1. The van der Waals surface area contributed by atoms with Crippen LogP contribution < -0.4 is 4.90 Å². The molecule has 0 aliphatic carbocycles. The zero-order valence-electron chi connectivity index (χ0n) is 19.2. The molecule has 0 aromatic heterocycles. The van der Waals surface area contributed by atoms with Crippen molar-refractivity contribution in [3.63, 3.8) is 0 Å². The molecule has 0 saturated carbocycles. The van der Waals surface area contributed by atoms with Gasteiger partial charge in [-0.2, -0.15) is 0 Å². The summed E-state index contributed by atoms with van der Waals surface area (Å²) >= 11 is 0. The van der Waals surface area contributed by atoms with Crippen LogP contribution in [-0.4, -0.2) is 85.6 Å². The van der Waals surface area contributed by atoms with E-state index in [-0.39, 0.29) is 10.6 Å². The highest BCUT2D eigenvalue weighted by atomic mass is 16.6. The highest BCUT2D eigenvalue weighted by molar-refractivity contribution is 5.64. The summed E-state index contributed by atoms with van der Waals surface area (Å²) in [6.45, 7) is 9.94. The van der Waals surface area contributed by atoms with Gasteiger partial charge in [0, 0.05) is 65.0 Å². The first-order chi connectivity index (χ1) is 15.6. The highest BCUT2D eigenvalue weighted by Crippen LogP contribution is 2.30. The molecule has 0 spiro atoms. The number of hydrogen-bond donors (Lipinski definition) is 0. The van der Waals surface area contributed by atoms with Crippen molar-refractivity contribution in [2.24, 2.45) is 0 Å². The maximum atomic E-state index is 11.8. The quantitative estimate of drug-likeness (QED) is 0.467. The van der Waals surface area contributed by atoms with Crippen molar-refractivity contribution in [1.82, 2.24) is 14.7 Å². The van der Waals surface area contributed by atoms with E-state index in [0.29, 0.717) is 0 Å². The molecule has 0 amide bonds. The molecule has 2 heterocycles. The number of nitro groups is 1. The van der Waals surface area contributed by atoms with Gasteiger partial charge in [-0.1, -0.05) is 36.4 Å². The van der Waals surface area contributed by atoms with Crippen LogP contribution in [0.15, 0.2) is 48.5 Å². The van der Waals surface area contributed by atoms with Gasteiger partial charge in [0.15, 0.2) is 0 Å². The van der Waals surface area contributed by atoms with Crippen LogP contribution in [0.3, 0.4) is 0 Å². The lowest BCUT2D eigenvalue weighted by atomic mass is 10.1. The monoisotopic (exact) mass is 437 g/mol. The van der Waals surface area contributed by atoms with Crippen LogP contribution in [0.1, 0.15) is 17.5 Å². The van der Waals surface area contributed by atoms with Gasteiger partial charge < -0.3 is 14.7 Å². The van der Waals surface area contributed by atoms with Crippen molar-refractivity contribution < 1.29 is 4.92 Å². The van der Waals surface area contributed by atoms with Crippen LogP contribution in [0.4, 0.5) is 11.4 Å². The minimum Gasteiger partial charge on any atom is -0.363 e. The Bertz CT molecular complexity index is 875. The molecule has 0 N–H and O–H groups in total. The van der Waals surface area contributed by atoms with Crippen LogP contribution in [0.25, 0.3) is 0 Å². The summed E-state index contributed by atoms with van der Waals surface area (Å²) in [6.07, 6.45) is 1.93. The second kappa shape index (κ2) is 10.9. The highest BCUT2D eigenvalue weighted by Gasteiger charge is 2.24. The van der Waals surface area contributed by atoms with Crippen molar-refractivity contribution in [2.45, 2.75) is 19.4 Å². The Hall–Kier alpha value is -2.48. The average molecular weight is 438 g/mol. The summed E-state index contributed by atoms with van der Waals surface area (Å²) in [5, 5.41) is 11.8. The molecule has 7 nitrogen and oxygen atoms in total. The predicted molar refractivity (Wildman–Crippen MR) is 129 cm³/mol. The Morgan fingerprint density at radius 1 is 0.844 bits per heavy atom. The fourth-order valence-electron chi connectivity index (χ4n) is 4.70. The van der Waals surface area contributed by atoms with Gasteiger partial charge in [0.1, 0.15) is 5.69 Å². The van der Waals surface area contributed by atoms with Gasteiger partial charge in [-0.05, 0) is 43.6 Å². The zero-order valence-corrected chi connectivity index (χ0v) is 19.2. The van der Waals surface area contributed by atoms with E-state index in [9.17, 15) is 10.1 Å². The molecular formula is C25H35N5O2. The molecule has 2 aromatic carbocycles. The molecule has 0 atom stereocenters. The molecule has 2 saturated heterocycles. The van der Waals surface area contributed by atoms with Gasteiger partial charge in [0.05, 0.1) is 4.92 Å². The predicted octanol–water partition coefficient (Wildman–Crippen LogP) is 3.10. The second-order valence-corrected chi connectivity index (χ2v) is 9.08. The second-order valence-electron chi connectivity index (χ2n) is 9.08. The van der Waals surface area contributed by atoms with Crippen LogP contribution in [0, 0.1) is 10.1 Å². The fraction of sp³-hybridized carbons (Fsp3) is 0.520. The molecule has 0 unspecified atom stereocenters. The summed E-state index contributed by atoms with van der Waals surface area (Å²) in [5.74, 6) is 0. The Kier molecular flexibility index (Phi) is 7.73. The van der Waals surface area contributed by atoms with Crippen molar-refractivity contribution in [1.29, 1.82) is 0 Å². The van der Waals surface area contributed by atoms with Crippen LogP contribution in [0.5, 0.6) is 0 Å². The molecule has 172 valence electrons. The number of nitro benzene ring substituents is 1. The number of likely N-dealkylation sites (N-methyl/N-ethyl adjacent to an activating group) is 1. The van der Waals surface area contributed by atoms with E-state index < -0.39 is 0 Å². The first-order valence-corrected chi connectivity index (χ1v) is 11.8. The maximum absolute atomic E-state index is 11.8. The molecule has 2 aromatic rings. The number of nitrogens with zero attached hydrogens (tertiary/aromatic N) is 5. The van der Waals surface area contributed by atoms with E-state index in [0.717, 1.165) is 89.5 Å². The lowest BCUT2D eigenvalue weighted by Crippen LogP contribution is -2.46. The molecule has 2 aliphatic rings. The third-order valence-electron chi connectivity index (χ3n) is 6.73. The summed E-state index contributed by atoms with van der Waals surface area (Å²) < 4.78 is 0. The van der Waals surface area contributed by atoms with Crippen molar-refractivity contribution in [2.75, 3.05) is 70.9 Å². The molecule has 7 heteroatoms. The van der Waals surface area contributed by atoms with Crippen LogP contribution in [-0.2, 0) is 13.0 Å². The minimum absolute atomic E-state index is 0.213.